The molecule has 1 aliphatic heterocycles. The highest BCUT2D eigenvalue weighted by Crippen LogP contribution is 2.17. The summed E-state index contributed by atoms with van der Waals surface area (Å²) in [5.74, 6) is 0. The maximum atomic E-state index is 6.00. The molecule has 64 valence electrons. The van der Waals surface area contributed by atoms with Gasteiger partial charge in [-0.05, 0) is 27.0 Å². The van der Waals surface area contributed by atoms with Crippen molar-refractivity contribution in [3.05, 3.63) is 11.2 Å². The summed E-state index contributed by atoms with van der Waals surface area (Å²) < 4.78 is 0. The standard InChI is InChI=1S/C8H15ClN2/c1-7(2)11-6-10(3)5-4-8(11)9/h4,7H,5-6H2,1-3H3. The summed E-state index contributed by atoms with van der Waals surface area (Å²) in [7, 11) is 2.09. The number of likely N-dealkylation sites (N-methyl/N-ethyl adjacent to an activating group) is 1. The molecule has 0 aliphatic carbocycles. The van der Waals surface area contributed by atoms with E-state index in [2.05, 4.69) is 30.7 Å². The lowest BCUT2D eigenvalue weighted by atomic mass is 10.3. The molecule has 0 spiro atoms. The van der Waals surface area contributed by atoms with Crippen molar-refractivity contribution in [3.63, 3.8) is 0 Å². The van der Waals surface area contributed by atoms with Gasteiger partial charge < -0.3 is 4.90 Å². The molecule has 1 aliphatic rings. The molecule has 1 heterocycles. The first-order chi connectivity index (χ1) is 5.11. The lowest BCUT2D eigenvalue weighted by Crippen LogP contribution is -2.41. The number of nitrogens with zero attached hydrogens (tertiary/aromatic N) is 2. The van der Waals surface area contributed by atoms with Gasteiger partial charge in [-0.3, -0.25) is 4.90 Å². The maximum Gasteiger partial charge on any atom is 0.103 e. The van der Waals surface area contributed by atoms with Crippen molar-refractivity contribution >= 4 is 11.6 Å². The lowest BCUT2D eigenvalue weighted by Gasteiger charge is -2.35. The predicted octanol–water partition coefficient (Wildman–Crippen LogP) is 1.68. The van der Waals surface area contributed by atoms with Crippen LogP contribution in [0.2, 0.25) is 0 Å². The second-order valence-electron chi connectivity index (χ2n) is 3.27. The Labute approximate surface area is 73.4 Å². The normalized spacial score (nSPS) is 20.8. The Kier molecular flexibility index (Phi) is 2.79. The Hall–Kier alpha value is -0.210. The summed E-state index contributed by atoms with van der Waals surface area (Å²) in [5, 5.41) is 0.887. The molecule has 0 saturated heterocycles. The van der Waals surface area contributed by atoms with E-state index in [0.29, 0.717) is 6.04 Å². The van der Waals surface area contributed by atoms with E-state index >= 15 is 0 Å². The van der Waals surface area contributed by atoms with Crippen LogP contribution in [0.3, 0.4) is 0 Å². The molecule has 0 bridgehead atoms. The van der Waals surface area contributed by atoms with E-state index < -0.39 is 0 Å². The molecule has 11 heavy (non-hydrogen) atoms. The number of halogens is 1. The minimum Gasteiger partial charge on any atom is -0.347 e. The van der Waals surface area contributed by atoms with Crippen LogP contribution in [-0.2, 0) is 0 Å². The van der Waals surface area contributed by atoms with Gasteiger partial charge in [-0.15, -0.1) is 0 Å². The number of hydrogen-bond acceptors (Lipinski definition) is 2. The molecular formula is C8H15ClN2. The van der Waals surface area contributed by atoms with Gasteiger partial charge in [0.2, 0.25) is 0 Å². The minimum atomic E-state index is 0.488. The van der Waals surface area contributed by atoms with Gasteiger partial charge in [0.15, 0.2) is 0 Å². The van der Waals surface area contributed by atoms with Gasteiger partial charge in [-0.25, -0.2) is 0 Å². The summed E-state index contributed by atoms with van der Waals surface area (Å²) in [6.45, 7) is 6.19. The summed E-state index contributed by atoms with van der Waals surface area (Å²) in [5.41, 5.74) is 0. The highest BCUT2D eigenvalue weighted by atomic mass is 35.5. The fourth-order valence-corrected chi connectivity index (χ4v) is 1.46. The predicted molar refractivity (Wildman–Crippen MR) is 48.4 cm³/mol. The number of rotatable bonds is 1. The van der Waals surface area contributed by atoms with E-state index in [9.17, 15) is 0 Å². The molecule has 0 saturated carbocycles. The first-order valence-corrected chi connectivity index (χ1v) is 4.30. The monoisotopic (exact) mass is 174 g/mol. The van der Waals surface area contributed by atoms with Crippen LogP contribution in [0.4, 0.5) is 0 Å². The Morgan fingerprint density at radius 3 is 2.64 bits per heavy atom. The first kappa shape index (κ1) is 8.88. The molecule has 0 aromatic rings. The van der Waals surface area contributed by atoms with Crippen molar-refractivity contribution in [2.45, 2.75) is 19.9 Å². The Balaban J connectivity index is 2.64. The summed E-state index contributed by atoms with van der Waals surface area (Å²) >= 11 is 6.00. The van der Waals surface area contributed by atoms with Crippen LogP contribution in [0.1, 0.15) is 13.8 Å². The molecule has 0 unspecified atom stereocenters. The van der Waals surface area contributed by atoms with Crippen molar-refractivity contribution in [1.82, 2.24) is 9.80 Å². The van der Waals surface area contributed by atoms with Crippen LogP contribution >= 0.6 is 11.6 Å². The largest absolute Gasteiger partial charge is 0.347 e. The van der Waals surface area contributed by atoms with Crippen LogP contribution in [0.25, 0.3) is 0 Å². The third kappa shape index (κ3) is 2.11. The third-order valence-electron chi connectivity index (χ3n) is 1.86. The average Bonchev–Trinajstić information content (AvgIpc) is 1.94. The Morgan fingerprint density at radius 1 is 1.55 bits per heavy atom. The maximum absolute atomic E-state index is 6.00. The molecule has 0 amide bonds. The zero-order valence-corrected chi connectivity index (χ0v) is 8.10. The molecular weight excluding hydrogens is 160 g/mol. The molecule has 0 aromatic carbocycles. The van der Waals surface area contributed by atoms with Crippen molar-refractivity contribution in [2.24, 2.45) is 0 Å². The molecule has 0 radical (unpaired) electrons. The van der Waals surface area contributed by atoms with Crippen LogP contribution < -0.4 is 0 Å². The van der Waals surface area contributed by atoms with E-state index in [0.717, 1.165) is 18.4 Å². The first-order valence-electron chi connectivity index (χ1n) is 3.92. The van der Waals surface area contributed by atoms with Crippen LogP contribution in [0.5, 0.6) is 0 Å². The van der Waals surface area contributed by atoms with E-state index in [1.54, 1.807) is 0 Å². The van der Waals surface area contributed by atoms with Gasteiger partial charge in [0, 0.05) is 12.6 Å². The van der Waals surface area contributed by atoms with Crippen molar-refractivity contribution in [3.8, 4) is 0 Å². The zero-order valence-electron chi connectivity index (χ0n) is 7.34. The molecule has 3 heteroatoms. The van der Waals surface area contributed by atoms with Crippen molar-refractivity contribution in [1.29, 1.82) is 0 Å². The average molecular weight is 175 g/mol. The van der Waals surface area contributed by atoms with Crippen LogP contribution in [0, 0.1) is 0 Å². The number of hydrogen-bond donors (Lipinski definition) is 0. The van der Waals surface area contributed by atoms with Gasteiger partial charge in [-0.2, -0.15) is 0 Å². The van der Waals surface area contributed by atoms with Gasteiger partial charge >= 0.3 is 0 Å². The second kappa shape index (κ2) is 3.46. The lowest BCUT2D eigenvalue weighted by molar-refractivity contribution is 0.164. The van der Waals surface area contributed by atoms with Crippen molar-refractivity contribution in [2.75, 3.05) is 20.3 Å². The quantitative estimate of drug-likeness (QED) is 0.559. The second-order valence-corrected chi connectivity index (χ2v) is 3.66. The topological polar surface area (TPSA) is 6.48 Å². The molecule has 0 fully saturated rings. The van der Waals surface area contributed by atoms with Gasteiger partial charge in [0.1, 0.15) is 5.16 Å². The van der Waals surface area contributed by atoms with Crippen LogP contribution in [0.15, 0.2) is 11.2 Å². The molecule has 0 N–H and O–H groups in total. The SMILES string of the molecule is CC(C)N1CN(C)CC=C1Cl. The highest BCUT2D eigenvalue weighted by Gasteiger charge is 2.16. The fourth-order valence-electron chi connectivity index (χ4n) is 1.14. The van der Waals surface area contributed by atoms with Gasteiger partial charge in [0.05, 0.1) is 6.67 Å². The van der Waals surface area contributed by atoms with Crippen LogP contribution in [-0.4, -0.2) is 36.1 Å². The van der Waals surface area contributed by atoms with E-state index in [1.807, 2.05) is 6.08 Å². The van der Waals surface area contributed by atoms with E-state index in [4.69, 9.17) is 11.6 Å². The van der Waals surface area contributed by atoms with E-state index in [-0.39, 0.29) is 0 Å². The summed E-state index contributed by atoms with van der Waals surface area (Å²) in [6, 6.07) is 0.488. The summed E-state index contributed by atoms with van der Waals surface area (Å²) in [4.78, 5) is 4.40. The van der Waals surface area contributed by atoms with Gasteiger partial charge in [-0.1, -0.05) is 11.6 Å². The smallest absolute Gasteiger partial charge is 0.103 e. The molecule has 2 nitrogen and oxygen atoms in total. The molecule has 0 aromatic heterocycles. The summed E-state index contributed by atoms with van der Waals surface area (Å²) in [6.07, 6.45) is 2.05. The minimum absolute atomic E-state index is 0.488. The van der Waals surface area contributed by atoms with Gasteiger partial charge in [0.25, 0.3) is 0 Å². The van der Waals surface area contributed by atoms with E-state index in [1.165, 1.54) is 0 Å². The fraction of sp³-hybridized carbons (Fsp3) is 0.750. The highest BCUT2D eigenvalue weighted by molar-refractivity contribution is 6.29. The Morgan fingerprint density at radius 2 is 2.18 bits per heavy atom. The van der Waals surface area contributed by atoms with Crippen molar-refractivity contribution < 1.29 is 0 Å². The Bertz CT molecular complexity index is 165. The third-order valence-corrected chi connectivity index (χ3v) is 2.23. The molecule has 1 rings (SSSR count). The molecule has 0 atom stereocenters. The zero-order chi connectivity index (χ0) is 8.43.